The van der Waals surface area contributed by atoms with Gasteiger partial charge in [-0.15, -0.1) is 0 Å². The van der Waals surface area contributed by atoms with Crippen molar-refractivity contribution in [3.05, 3.63) is 81.7 Å². The fourth-order valence-corrected chi connectivity index (χ4v) is 2.78. The van der Waals surface area contributed by atoms with Crippen LogP contribution in [0.3, 0.4) is 0 Å². The normalized spacial score (nSPS) is 9.53. The average molecular weight is 490 g/mol. The molecule has 0 atom stereocenters. The van der Waals surface area contributed by atoms with E-state index in [2.05, 4.69) is 15.0 Å². The fraction of sp³-hybridized carbons (Fsp3) is 0.286. The van der Waals surface area contributed by atoms with E-state index in [9.17, 15) is 14.4 Å². The molecule has 0 bridgehead atoms. The number of nitrogens with zero attached hydrogens (tertiary/aromatic N) is 3. The zero-order valence-electron chi connectivity index (χ0n) is 21.7. The topological polar surface area (TPSA) is 119 Å². The van der Waals surface area contributed by atoms with Gasteiger partial charge in [0.25, 0.3) is 0 Å². The van der Waals surface area contributed by atoms with Gasteiger partial charge >= 0.3 is 0 Å². The molecule has 0 saturated carbocycles. The van der Waals surface area contributed by atoms with Crippen LogP contribution in [0.5, 0.6) is 5.75 Å². The number of hydrogen-bond acceptors (Lipinski definition) is 8. The number of rotatable bonds is 5. The van der Waals surface area contributed by atoms with Gasteiger partial charge in [-0.25, -0.2) is 9.97 Å². The van der Waals surface area contributed by atoms with E-state index in [-0.39, 0.29) is 24.0 Å². The summed E-state index contributed by atoms with van der Waals surface area (Å²) in [5.74, 6) is 0.312. The molecule has 1 N–H and O–H groups in total. The van der Waals surface area contributed by atoms with Crippen LogP contribution in [-0.2, 0) is 6.61 Å². The van der Waals surface area contributed by atoms with Crippen LogP contribution < -0.4 is 4.74 Å². The minimum absolute atomic E-state index is 0.0214. The first-order chi connectivity index (χ1) is 16.9. The number of aliphatic hydroxyl groups excluding tert-OH is 1. The molecule has 0 spiro atoms. The van der Waals surface area contributed by atoms with Crippen LogP contribution in [0.1, 0.15) is 80.4 Å². The number of aliphatic hydroxyl groups is 1. The van der Waals surface area contributed by atoms with Crippen LogP contribution in [0, 0.1) is 40.2 Å². The summed E-state index contributed by atoms with van der Waals surface area (Å²) in [5, 5.41) is 8.83. The van der Waals surface area contributed by atoms with Gasteiger partial charge in [-0.1, -0.05) is 12.5 Å². The van der Waals surface area contributed by atoms with Gasteiger partial charge in [-0.3, -0.25) is 19.4 Å². The Morgan fingerprint density at radius 1 is 0.806 bits per heavy atom. The van der Waals surface area contributed by atoms with Crippen molar-refractivity contribution in [3.63, 3.8) is 0 Å². The van der Waals surface area contributed by atoms with Gasteiger partial charge in [0.15, 0.2) is 17.3 Å². The van der Waals surface area contributed by atoms with Crippen LogP contribution in [0.25, 0.3) is 0 Å². The molecule has 0 saturated heterocycles. The van der Waals surface area contributed by atoms with Crippen molar-refractivity contribution >= 4 is 17.3 Å². The van der Waals surface area contributed by atoms with E-state index in [1.165, 1.54) is 26.8 Å². The number of carbonyl (C=O) groups is 3. The van der Waals surface area contributed by atoms with Gasteiger partial charge in [-0.05, 0) is 57.0 Å². The number of hydrogen-bond donors (Lipinski definition) is 1. The Hall–Kier alpha value is -4.22. The molecular formula is C28H31N3O5. The van der Waals surface area contributed by atoms with E-state index < -0.39 is 0 Å². The Morgan fingerprint density at radius 2 is 1.33 bits per heavy atom. The van der Waals surface area contributed by atoms with Crippen LogP contribution in [-0.4, -0.2) is 37.4 Å². The summed E-state index contributed by atoms with van der Waals surface area (Å²) < 4.78 is 4.81. The molecule has 188 valence electrons. The molecule has 0 unspecified atom stereocenters. The standard InChI is InChI=1S/C10H9NO2.C9H11NO2.C9H11NO/c1-4-13-9-5-7(2)11-10(6-9)8(3)12;1-6-3-8(5-11)4-9(10-6)7(2)12;1-6-4-5-9(8(3)11)10-7(6)2/h1,5-6H,2-3H3;3-4,11H,5H2,1-2H3;4-5H,1-3H3. The van der Waals surface area contributed by atoms with Crippen molar-refractivity contribution < 1.29 is 24.2 Å². The number of Topliss-reactive ketones (excluding diaryl/α,β-unsaturated/α-hetero) is 3. The van der Waals surface area contributed by atoms with E-state index in [0.29, 0.717) is 28.5 Å². The smallest absolute Gasteiger partial charge is 0.178 e. The Labute approximate surface area is 211 Å². The minimum Gasteiger partial charge on any atom is -0.408 e. The van der Waals surface area contributed by atoms with Crippen LogP contribution in [0.15, 0.2) is 36.4 Å². The summed E-state index contributed by atoms with van der Waals surface area (Å²) in [4.78, 5) is 44.9. The third-order valence-corrected chi connectivity index (χ3v) is 4.73. The molecule has 0 radical (unpaired) electrons. The summed E-state index contributed by atoms with van der Waals surface area (Å²) in [6.45, 7) is 11.8. The highest BCUT2D eigenvalue weighted by atomic mass is 16.5. The van der Waals surface area contributed by atoms with Crippen molar-refractivity contribution in [1.82, 2.24) is 15.0 Å². The summed E-state index contributed by atoms with van der Waals surface area (Å²) in [6, 6.07) is 10.2. The number of ether oxygens (including phenoxy) is 1. The second kappa shape index (κ2) is 14.2. The molecule has 3 aromatic rings. The van der Waals surface area contributed by atoms with Gasteiger partial charge < -0.3 is 9.84 Å². The summed E-state index contributed by atoms with van der Waals surface area (Å²) >= 11 is 0. The maximum atomic E-state index is 11.0. The molecule has 8 nitrogen and oxygen atoms in total. The summed E-state index contributed by atoms with van der Waals surface area (Å²) in [6.07, 6.45) is 7.00. The summed E-state index contributed by atoms with van der Waals surface area (Å²) in [7, 11) is 0. The lowest BCUT2D eigenvalue weighted by atomic mass is 10.2. The molecule has 3 aromatic heterocycles. The molecule has 3 heterocycles. The van der Waals surface area contributed by atoms with Crippen molar-refractivity contribution in [2.24, 2.45) is 0 Å². The van der Waals surface area contributed by atoms with Crippen molar-refractivity contribution in [2.45, 2.75) is 55.1 Å². The Balaban J connectivity index is 0.000000271. The highest BCUT2D eigenvalue weighted by molar-refractivity contribution is 5.93. The molecule has 0 aliphatic carbocycles. The van der Waals surface area contributed by atoms with Gasteiger partial charge in [0, 0.05) is 50.0 Å². The Bertz CT molecular complexity index is 1290. The lowest BCUT2D eigenvalue weighted by Crippen LogP contribution is -2.00. The molecule has 3 rings (SSSR count). The molecular weight excluding hydrogens is 458 g/mol. The number of aromatic nitrogens is 3. The molecule has 0 fully saturated rings. The lowest BCUT2D eigenvalue weighted by molar-refractivity contribution is 0.1000. The van der Waals surface area contributed by atoms with Gasteiger partial charge in [0.2, 0.25) is 0 Å². The Kier molecular flexibility index (Phi) is 11.8. The Morgan fingerprint density at radius 3 is 1.81 bits per heavy atom. The van der Waals surface area contributed by atoms with E-state index in [4.69, 9.17) is 16.3 Å². The van der Waals surface area contributed by atoms with Crippen LogP contribution in [0.4, 0.5) is 0 Å². The van der Waals surface area contributed by atoms with Crippen molar-refractivity contribution in [3.8, 4) is 18.3 Å². The molecule has 36 heavy (non-hydrogen) atoms. The van der Waals surface area contributed by atoms with Crippen molar-refractivity contribution in [1.29, 1.82) is 0 Å². The number of pyridine rings is 3. The number of carbonyl (C=O) groups excluding carboxylic acids is 3. The maximum absolute atomic E-state index is 11.0. The molecule has 0 amide bonds. The molecule has 0 aliphatic heterocycles. The fourth-order valence-electron chi connectivity index (χ4n) is 2.78. The first-order valence-corrected chi connectivity index (χ1v) is 11.0. The zero-order chi connectivity index (χ0) is 27.4. The van der Waals surface area contributed by atoms with Gasteiger partial charge in [0.1, 0.15) is 28.9 Å². The largest absolute Gasteiger partial charge is 0.408 e. The summed E-state index contributed by atoms with van der Waals surface area (Å²) in [5.41, 5.74) is 5.57. The second-order valence-electron chi connectivity index (χ2n) is 7.98. The van der Waals surface area contributed by atoms with E-state index >= 15 is 0 Å². The molecule has 0 aliphatic rings. The molecule has 0 aromatic carbocycles. The first-order valence-electron chi connectivity index (χ1n) is 11.0. The minimum atomic E-state index is -0.106. The zero-order valence-corrected chi connectivity index (χ0v) is 21.7. The SMILES string of the molecule is C#COc1cc(C)nc(C(C)=O)c1.CC(=O)c1cc(CO)cc(C)n1.CC(=O)c1ccc(C)c(C)n1. The number of terminal acetylenes is 1. The quantitative estimate of drug-likeness (QED) is 0.410. The molecule has 8 heteroatoms. The number of aryl methyl sites for hydroxylation is 4. The third kappa shape index (κ3) is 9.95. The second-order valence-corrected chi connectivity index (χ2v) is 7.98. The van der Waals surface area contributed by atoms with Crippen LogP contribution >= 0.6 is 0 Å². The highest BCUT2D eigenvalue weighted by Crippen LogP contribution is 2.13. The van der Waals surface area contributed by atoms with Gasteiger partial charge in [0.05, 0.1) is 6.61 Å². The van der Waals surface area contributed by atoms with Crippen molar-refractivity contribution in [2.75, 3.05) is 0 Å². The predicted octanol–water partition coefficient (Wildman–Crippen LogP) is 4.55. The maximum Gasteiger partial charge on any atom is 0.178 e. The van der Waals surface area contributed by atoms with E-state index in [1.807, 2.05) is 26.0 Å². The monoisotopic (exact) mass is 489 g/mol. The van der Waals surface area contributed by atoms with Crippen LogP contribution in [0.2, 0.25) is 0 Å². The first kappa shape index (κ1) is 29.8. The van der Waals surface area contributed by atoms with E-state index in [0.717, 1.165) is 22.5 Å². The highest BCUT2D eigenvalue weighted by Gasteiger charge is 2.05. The lowest BCUT2D eigenvalue weighted by Gasteiger charge is -2.01. The van der Waals surface area contributed by atoms with E-state index in [1.54, 1.807) is 38.1 Å². The third-order valence-electron chi connectivity index (χ3n) is 4.73. The van der Waals surface area contributed by atoms with Gasteiger partial charge in [-0.2, -0.15) is 0 Å². The predicted molar refractivity (Wildman–Crippen MR) is 137 cm³/mol. The average Bonchev–Trinajstić information content (AvgIpc) is 2.81. The number of ketones is 3.